The predicted molar refractivity (Wildman–Crippen MR) is 98.9 cm³/mol. The van der Waals surface area contributed by atoms with Crippen LogP contribution in [0.5, 0.6) is 11.5 Å². The standard InChI is InChI=1S/C18H14N4O3S/c1-24-12-8-9-13(14(10-12)25-2)16-21-22-17(23)15(19-20-18(22)26-16)11-6-4-3-5-7-11/h3-10H,1-2H3. The molecule has 8 heteroatoms. The maximum absolute atomic E-state index is 12.8. The number of hydrogen-bond donors (Lipinski definition) is 0. The Kier molecular flexibility index (Phi) is 4.10. The molecular weight excluding hydrogens is 352 g/mol. The van der Waals surface area contributed by atoms with E-state index in [1.807, 2.05) is 42.5 Å². The SMILES string of the molecule is COc1ccc(-c2nn3c(=O)c(-c4ccccc4)nnc3s2)c(OC)c1. The molecule has 2 heterocycles. The molecule has 0 aliphatic heterocycles. The van der Waals surface area contributed by atoms with Crippen molar-refractivity contribution < 1.29 is 9.47 Å². The first-order valence-corrected chi connectivity index (χ1v) is 8.57. The zero-order chi connectivity index (χ0) is 18.1. The van der Waals surface area contributed by atoms with Gasteiger partial charge in [-0.1, -0.05) is 41.7 Å². The van der Waals surface area contributed by atoms with Gasteiger partial charge in [-0.3, -0.25) is 4.79 Å². The molecule has 2 aromatic carbocycles. The summed E-state index contributed by atoms with van der Waals surface area (Å²) in [6, 6.07) is 14.6. The lowest BCUT2D eigenvalue weighted by molar-refractivity contribution is 0.395. The van der Waals surface area contributed by atoms with E-state index in [2.05, 4.69) is 15.3 Å². The number of methoxy groups -OCH3 is 2. The second-order valence-corrected chi connectivity index (χ2v) is 6.34. The van der Waals surface area contributed by atoms with Crippen molar-refractivity contribution in [3.8, 4) is 33.3 Å². The summed E-state index contributed by atoms with van der Waals surface area (Å²) in [4.78, 5) is 13.2. The van der Waals surface area contributed by atoms with Crippen molar-refractivity contribution in [1.82, 2.24) is 19.8 Å². The minimum atomic E-state index is -0.309. The molecule has 7 nitrogen and oxygen atoms in total. The summed E-state index contributed by atoms with van der Waals surface area (Å²) in [7, 11) is 3.16. The van der Waals surface area contributed by atoms with Gasteiger partial charge < -0.3 is 9.47 Å². The van der Waals surface area contributed by atoms with E-state index < -0.39 is 0 Å². The maximum Gasteiger partial charge on any atom is 0.302 e. The number of rotatable bonds is 4. The molecule has 0 saturated heterocycles. The number of fused-ring (bicyclic) bond motifs is 1. The first-order chi connectivity index (χ1) is 12.7. The van der Waals surface area contributed by atoms with Crippen LogP contribution in [0.3, 0.4) is 0 Å². The van der Waals surface area contributed by atoms with E-state index in [4.69, 9.17) is 9.47 Å². The highest BCUT2D eigenvalue weighted by Crippen LogP contribution is 2.35. The third-order valence-electron chi connectivity index (χ3n) is 3.88. The van der Waals surface area contributed by atoms with E-state index in [0.717, 1.165) is 5.56 Å². The van der Waals surface area contributed by atoms with Crippen LogP contribution in [-0.4, -0.2) is 34.0 Å². The van der Waals surface area contributed by atoms with Crippen molar-refractivity contribution in [2.45, 2.75) is 0 Å². The molecule has 0 aliphatic carbocycles. The summed E-state index contributed by atoms with van der Waals surface area (Å²) in [5.41, 5.74) is 1.42. The number of nitrogens with zero attached hydrogens (tertiary/aromatic N) is 4. The summed E-state index contributed by atoms with van der Waals surface area (Å²) in [5, 5.41) is 13.3. The Hall–Kier alpha value is -3.26. The molecule has 0 unspecified atom stereocenters. The summed E-state index contributed by atoms with van der Waals surface area (Å²) in [5.74, 6) is 1.28. The van der Waals surface area contributed by atoms with Gasteiger partial charge in [-0.05, 0) is 12.1 Å². The first kappa shape index (κ1) is 16.2. The quantitative estimate of drug-likeness (QED) is 0.553. The molecule has 0 amide bonds. The summed E-state index contributed by atoms with van der Waals surface area (Å²) in [6.45, 7) is 0. The fraction of sp³-hybridized carbons (Fsp3) is 0.111. The van der Waals surface area contributed by atoms with Crippen LogP contribution in [0.1, 0.15) is 0 Å². The average Bonchev–Trinajstić information content (AvgIpc) is 3.13. The number of ether oxygens (including phenoxy) is 2. The Balaban J connectivity index is 1.87. The van der Waals surface area contributed by atoms with E-state index in [1.165, 1.54) is 15.9 Å². The lowest BCUT2D eigenvalue weighted by Crippen LogP contribution is -2.19. The molecule has 0 spiro atoms. The van der Waals surface area contributed by atoms with Crippen LogP contribution < -0.4 is 15.0 Å². The predicted octanol–water partition coefficient (Wildman–Crippen LogP) is 2.90. The fourth-order valence-corrected chi connectivity index (χ4v) is 3.44. The van der Waals surface area contributed by atoms with Gasteiger partial charge in [-0.2, -0.15) is 9.61 Å². The van der Waals surface area contributed by atoms with Gasteiger partial charge in [0, 0.05) is 11.6 Å². The van der Waals surface area contributed by atoms with Gasteiger partial charge in [-0.25, -0.2) is 0 Å². The van der Waals surface area contributed by atoms with Crippen molar-refractivity contribution in [2.24, 2.45) is 0 Å². The molecule has 2 aromatic heterocycles. The lowest BCUT2D eigenvalue weighted by Gasteiger charge is -2.07. The van der Waals surface area contributed by atoms with Gasteiger partial charge in [0.05, 0.1) is 19.8 Å². The van der Waals surface area contributed by atoms with Crippen molar-refractivity contribution in [1.29, 1.82) is 0 Å². The zero-order valence-corrected chi connectivity index (χ0v) is 14.9. The second-order valence-electron chi connectivity index (χ2n) is 5.39. The van der Waals surface area contributed by atoms with Crippen molar-refractivity contribution in [2.75, 3.05) is 14.2 Å². The van der Waals surface area contributed by atoms with Crippen molar-refractivity contribution in [3.05, 3.63) is 58.9 Å². The highest BCUT2D eigenvalue weighted by atomic mass is 32.1. The van der Waals surface area contributed by atoms with Crippen LogP contribution in [0.2, 0.25) is 0 Å². The minimum Gasteiger partial charge on any atom is -0.497 e. The molecule has 4 rings (SSSR count). The Morgan fingerprint density at radius 1 is 1.00 bits per heavy atom. The van der Waals surface area contributed by atoms with Crippen LogP contribution in [0.15, 0.2) is 53.3 Å². The topological polar surface area (TPSA) is 78.6 Å². The van der Waals surface area contributed by atoms with Crippen LogP contribution in [0.25, 0.3) is 26.8 Å². The van der Waals surface area contributed by atoms with Crippen LogP contribution in [0.4, 0.5) is 0 Å². The van der Waals surface area contributed by atoms with E-state index in [9.17, 15) is 4.79 Å². The highest BCUT2D eigenvalue weighted by Gasteiger charge is 2.17. The van der Waals surface area contributed by atoms with Crippen molar-refractivity contribution >= 4 is 16.3 Å². The Bertz CT molecular complexity index is 1140. The normalized spacial score (nSPS) is 10.8. The van der Waals surface area contributed by atoms with E-state index >= 15 is 0 Å². The number of benzene rings is 2. The van der Waals surface area contributed by atoms with Gasteiger partial charge in [-0.15, -0.1) is 10.2 Å². The zero-order valence-electron chi connectivity index (χ0n) is 14.0. The van der Waals surface area contributed by atoms with Crippen LogP contribution in [-0.2, 0) is 0 Å². The molecular formula is C18H14N4O3S. The molecule has 0 atom stereocenters. The molecule has 0 radical (unpaired) electrons. The van der Waals surface area contributed by atoms with Crippen LogP contribution >= 0.6 is 11.3 Å². The molecule has 130 valence electrons. The molecule has 0 aliphatic rings. The molecule has 26 heavy (non-hydrogen) atoms. The largest absolute Gasteiger partial charge is 0.497 e. The Labute approximate surface area is 152 Å². The molecule has 0 N–H and O–H groups in total. The van der Waals surface area contributed by atoms with Gasteiger partial charge in [0.15, 0.2) is 10.7 Å². The second kappa shape index (κ2) is 6.57. The van der Waals surface area contributed by atoms with Crippen molar-refractivity contribution in [3.63, 3.8) is 0 Å². The van der Waals surface area contributed by atoms with Gasteiger partial charge in [0.25, 0.3) is 0 Å². The summed E-state index contributed by atoms with van der Waals surface area (Å²) >= 11 is 1.27. The van der Waals surface area contributed by atoms with E-state index in [-0.39, 0.29) is 11.3 Å². The third kappa shape index (κ3) is 2.70. The summed E-state index contributed by atoms with van der Waals surface area (Å²) < 4.78 is 11.9. The van der Waals surface area contributed by atoms with Gasteiger partial charge in [0.1, 0.15) is 11.5 Å². The third-order valence-corrected chi connectivity index (χ3v) is 4.81. The fourth-order valence-electron chi connectivity index (χ4n) is 2.58. The van der Waals surface area contributed by atoms with E-state index in [1.54, 1.807) is 20.3 Å². The minimum absolute atomic E-state index is 0.265. The average molecular weight is 366 g/mol. The molecule has 4 aromatic rings. The smallest absolute Gasteiger partial charge is 0.302 e. The first-order valence-electron chi connectivity index (χ1n) is 7.75. The Morgan fingerprint density at radius 3 is 2.54 bits per heavy atom. The van der Waals surface area contributed by atoms with E-state index in [0.29, 0.717) is 27.0 Å². The number of hydrogen-bond acceptors (Lipinski definition) is 7. The van der Waals surface area contributed by atoms with Crippen LogP contribution in [0, 0.1) is 0 Å². The summed E-state index contributed by atoms with van der Waals surface area (Å²) in [6.07, 6.45) is 0. The van der Waals surface area contributed by atoms with Gasteiger partial charge in [0.2, 0.25) is 4.96 Å². The monoisotopic (exact) mass is 366 g/mol. The molecule has 0 bridgehead atoms. The Morgan fingerprint density at radius 2 is 1.81 bits per heavy atom. The van der Waals surface area contributed by atoms with Gasteiger partial charge >= 0.3 is 5.56 Å². The molecule has 0 fully saturated rings. The number of aromatic nitrogens is 4. The lowest BCUT2D eigenvalue weighted by atomic mass is 10.2. The highest BCUT2D eigenvalue weighted by molar-refractivity contribution is 7.19. The molecule has 0 saturated carbocycles. The maximum atomic E-state index is 12.8.